The van der Waals surface area contributed by atoms with Gasteiger partial charge < -0.3 is 14.8 Å². The van der Waals surface area contributed by atoms with Crippen LogP contribution in [0.5, 0.6) is 0 Å². The normalized spacial score (nSPS) is 14.7. The van der Waals surface area contributed by atoms with E-state index < -0.39 is 28.9 Å². The van der Waals surface area contributed by atoms with Crippen LogP contribution in [0.4, 0.5) is 5.69 Å². The maximum atomic E-state index is 13.8. The molecule has 0 aromatic heterocycles. The molecule has 0 radical (unpaired) electrons. The Morgan fingerprint density at radius 1 is 0.864 bits per heavy atom. The fourth-order valence-electron chi connectivity index (χ4n) is 5.51. The molecule has 228 valence electrons. The van der Waals surface area contributed by atoms with Gasteiger partial charge in [-0.1, -0.05) is 66.7 Å². The van der Waals surface area contributed by atoms with Gasteiger partial charge in [0.1, 0.15) is 0 Å². The lowest BCUT2D eigenvalue weighted by molar-refractivity contribution is -0.384. The van der Waals surface area contributed by atoms with Crippen molar-refractivity contribution in [2.24, 2.45) is 0 Å². The van der Waals surface area contributed by atoms with E-state index in [0.717, 1.165) is 27.8 Å². The second kappa shape index (κ2) is 14.0. The number of nitrogens with one attached hydrogen (secondary N) is 1. The van der Waals surface area contributed by atoms with E-state index in [-0.39, 0.29) is 23.4 Å². The maximum Gasteiger partial charge on any atom is 0.337 e. The van der Waals surface area contributed by atoms with E-state index in [1.54, 1.807) is 33.8 Å². The molecule has 0 fully saturated rings. The molecule has 0 spiro atoms. The molecule has 3 aromatic carbocycles. The molecule has 0 saturated carbocycles. The predicted molar refractivity (Wildman–Crippen MR) is 171 cm³/mol. The van der Waals surface area contributed by atoms with E-state index in [0.29, 0.717) is 23.4 Å². The number of nitrogens with zero attached hydrogens (tertiary/aromatic N) is 1. The third kappa shape index (κ3) is 7.14. The number of hydrogen-bond donors (Lipinski definition) is 1. The Morgan fingerprint density at radius 2 is 1.43 bits per heavy atom. The number of aryl methyl sites for hydroxylation is 2. The Hall–Kier alpha value is -4.98. The summed E-state index contributed by atoms with van der Waals surface area (Å²) in [6.45, 7) is 11.1. The Labute approximate surface area is 258 Å². The average molecular weight is 595 g/mol. The minimum atomic E-state index is -0.917. The van der Waals surface area contributed by atoms with Crippen LogP contribution < -0.4 is 5.32 Å². The van der Waals surface area contributed by atoms with Crippen molar-refractivity contribution in [1.82, 2.24) is 5.32 Å². The zero-order chi connectivity index (χ0) is 32.0. The fraction of sp³-hybridized carbons (Fsp3) is 0.278. The molecule has 0 saturated heterocycles. The smallest absolute Gasteiger partial charge is 0.337 e. The van der Waals surface area contributed by atoms with E-state index in [1.807, 2.05) is 24.3 Å². The summed E-state index contributed by atoms with van der Waals surface area (Å²) < 4.78 is 11.3. The van der Waals surface area contributed by atoms with Crippen LogP contribution >= 0.6 is 0 Å². The third-order valence-corrected chi connectivity index (χ3v) is 7.53. The molecule has 1 unspecified atom stereocenters. The second-order valence-corrected chi connectivity index (χ2v) is 11.1. The van der Waals surface area contributed by atoms with Gasteiger partial charge in [0.05, 0.1) is 34.7 Å². The van der Waals surface area contributed by atoms with Gasteiger partial charge in [-0.25, -0.2) is 9.59 Å². The molecule has 8 nitrogen and oxygen atoms in total. The van der Waals surface area contributed by atoms with Crippen molar-refractivity contribution in [3.8, 4) is 0 Å². The van der Waals surface area contributed by atoms with Gasteiger partial charge in [0.25, 0.3) is 5.69 Å². The number of dihydropyridines is 1. The number of rotatable bonds is 10. The Balaban J connectivity index is 1.66. The molecule has 0 aliphatic carbocycles. The van der Waals surface area contributed by atoms with Crippen LogP contribution in [-0.2, 0) is 19.1 Å². The lowest BCUT2D eigenvalue weighted by Gasteiger charge is -2.30. The van der Waals surface area contributed by atoms with Crippen LogP contribution in [-0.4, -0.2) is 29.6 Å². The molecular formula is C36H38N2O6. The summed E-state index contributed by atoms with van der Waals surface area (Å²) in [5, 5.41) is 14.7. The number of ether oxygens (including phenoxy) is 2. The number of nitro benzene ring substituents is 1. The zero-order valence-electron chi connectivity index (χ0n) is 26.0. The van der Waals surface area contributed by atoms with E-state index >= 15 is 0 Å². The quantitative estimate of drug-likeness (QED) is 0.112. The molecule has 1 heterocycles. The molecule has 1 N–H and O–H groups in total. The largest absolute Gasteiger partial charge is 0.462 e. The van der Waals surface area contributed by atoms with Crippen LogP contribution in [0.3, 0.4) is 0 Å². The van der Waals surface area contributed by atoms with Gasteiger partial charge in [0.2, 0.25) is 0 Å². The molecule has 44 heavy (non-hydrogen) atoms. The van der Waals surface area contributed by atoms with Crippen LogP contribution in [0.2, 0.25) is 0 Å². The van der Waals surface area contributed by atoms with E-state index in [4.69, 9.17) is 9.47 Å². The van der Waals surface area contributed by atoms with Crippen molar-refractivity contribution < 1.29 is 24.0 Å². The van der Waals surface area contributed by atoms with Gasteiger partial charge in [0, 0.05) is 29.9 Å². The van der Waals surface area contributed by atoms with Crippen LogP contribution in [0.25, 0.3) is 5.57 Å². The van der Waals surface area contributed by atoms with Gasteiger partial charge in [-0.3, -0.25) is 10.1 Å². The van der Waals surface area contributed by atoms with Crippen LogP contribution in [0.15, 0.2) is 101 Å². The SMILES string of the molecule is CC1=C(C(=O)OCCC=C(c2ccccc2C)c2ccccc2C)C(c2cccc([N+](=O)[O-])c2)C(C(=O)OC(C)C)=C(C)N1. The number of carbonyl (C=O) groups is 2. The predicted octanol–water partition coefficient (Wildman–Crippen LogP) is 7.46. The molecule has 3 aromatic rings. The molecule has 0 amide bonds. The minimum absolute atomic E-state index is 0.0903. The van der Waals surface area contributed by atoms with Crippen LogP contribution in [0.1, 0.15) is 67.9 Å². The molecular weight excluding hydrogens is 556 g/mol. The van der Waals surface area contributed by atoms with Gasteiger partial charge >= 0.3 is 11.9 Å². The highest BCUT2D eigenvalue weighted by Gasteiger charge is 2.38. The third-order valence-electron chi connectivity index (χ3n) is 7.53. The van der Waals surface area contributed by atoms with Crippen molar-refractivity contribution in [2.75, 3.05) is 6.61 Å². The van der Waals surface area contributed by atoms with E-state index in [2.05, 4.69) is 49.5 Å². The number of hydrogen-bond acceptors (Lipinski definition) is 7. The first-order valence-corrected chi connectivity index (χ1v) is 14.6. The molecule has 1 aliphatic rings. The number of benzene rings is 3. The molecule has 1 atom stereocenters. The highest BCUT2D eigenvalue weighted by molar-refractivity contribution is 6.00. The second-order valence-electron chi connectivity index (χ2n) is 11.1. The van der Waals surface area contributed by atoms with Crippen molar-refractivity contribution in [3.05, 3.63) is 139 Å². The first-order valence-electron chi connectivity index (χ1n) is 14.6. The fourth-order valence-corrected chi connectivity index (χ4v) is 5.51. The van der Waals surface area contributed by atoms with Gasteiger partial charge in [-0.05, 0) is 74.9 Å². The Bertz CT molecular complexity index is 1630. The van der Waals surface area contributed by atoms with E-state index in [9.17, 15) is 19.7 Å². The average Bonchev–Trinajstić information content (AvgIpc) is 2.97. The number of allylic oxidation sites excluding steroid dienone is 2. The summed E-state index contributed by atoms with van der Waals surface area (Å²) in [7, 11) is 0. The lowest BCUT2D eigenvalue weighted by atomic mass is 9.80. The molecule has 8 heteroatoms. The lowest BCUT2D eigenvalue weighted by Crippen LogP contribution is -2.33. The van der Waals surface area contributed by atoms with Crippen molar-refractivity contribution >= 4 is 23.2 Å². The van der Waals surface area contributed by atoms with Crippen molar-refractivity contribution in [1.29, 1.82) is 0 Å². The topological polar surface area (TPSA) is 108 Å². The first-order chi connectivity index (χ1) is 21.0. The summed E-state index contributed by atoms with van der Waals surface area (Å²) in [6.07, 6.45) is 2.12. The number of carbonyl (C=O) groups excluding carboxylic acids is 2. The van der Waals surface area contributed by atoms with Gasteiger partial charge in [0.15, 0.2) is 0 Å². The summed E-state index contributed by atoms with van der Waals surface area (Å²) >= 11 is 0. The molecule has 4 rings (SSSR count). The van der Waals surface area contributed by atoms with Gasteiger partial charge in [-0.2, -0.15) is 0 Å². The van der Waals surface area contributed by atoms with Crippen LogP contribution in [0, 0.1) is 24.0 Å². The molecule has 0 bridgehead atoms. The Morgan fingerprint density at radius 3 is 1.98 bits per heavy atom. The summed E-state index contributed by atoms with van der Waals surface area (Å²) in [5.41, 5.74) is 7.21. The number of nitro groups is 1. The summed E-state index contributed by atoms with van der Waals surface area (Å²) in [5.74, 6) is -2.14. The van der Waals surface area contributed by atoms with Crippen molar-refractivity contribution in [3.63, 3.8) is 0 Å². The van der Waals surface area contributed by atoms with Gasteiger partial charge in [-0.15, -0.1) is 0 Å². The summed E-state index contributed by atoms with van der Waals surface area (Å²) in [6, 6.07) is 22.3. The number of non-ortho nitro benzene ring substituents is 1. The number of esters is 2. The standard InChI is InChI=1S/C36H38N2O6/c1-22(2)44-36(40)33-26(6)37-25(5)32(34(33)27-15-11-16-28(21-27)38(41)42)35(39)43-20-12-19-31(29-17-9-7-13-23(29)3)30-18-10-8-14-24(30)4/h7-11,13-19,21-22,34,37H,12,20H2,1-6H3. The maximum absolute atomic E-state index is 13.8. The monoisotopic (exact) mass is 594 g/mol. The zero-order valence-corrected chi connectivity index (χ0v) is 26.0. The highest BCUT2D eigenvalue weighted by atomic mass is 16.6. The Kier molecular flexibility index (Phi) is 10.2. The first kappa shape index (κ1) is 31.9. The molecule has 1 aliphatic heterocycles. The highest BCUT2D eigenvalue weighted by Crippen LogP contribution is 2.40. The summed E-state index contributed by atoms with van der Waals surface area (Å²) in [4.78, 5) is 38.2. The van der Waals surface area contributed by atoms with E-state index in [1.165, 1.54) is 18.2 Å². The minimum Gasteiger partial charge on any atom is -0.462 e. The van der Waals surface area contributed by atoms with Crippen molar-refractivity contribution in [2.45, 2.75) is 60.0 Å².